The van der Waals surface area contributed by atoms with Gasteiger partial charge in [0.25, 0.3) is 0 Å². The van der Waals surface area contributed by atoms with Gasteiger partial charge in [0.05, 0.1) is 13.7 Å². The van der Waals surface area contributed by atoms with Crippen molar-refractivity contribution in [2.24, 2.45) is 0 Å². The lowest BCUT2D eigenvalue weighted by Gasteiger charge is -2.34. The van der Waals surface area contributed by atoms with Crippen molar-refractivity contribution < 1.29 is 9.53 Å². The van der Waals surface area contributed by atoms with Gasteiger partial charge in [-0.3, -0.25) is 14.6 Å². The van der Waals surface area contributed by atoms with Crippen molar-refractivity contribution in [3.63, 3.8) is 0 Å². The largest absolute Gasteiger partial charge is 0.497 e. The summed E-state index contributed by atoms with van der Waals surface area (Å²) >= 11 is 0. The van der Waals surface area contributed by atoms with Crippen LogP contribution < -0.4 is 4.74 Å². The second-order valence-electron chi connectivity index (χ2n) is 8.21. The highest BCUT2D eigenvalue weighted by Crippen LogP contribution is 2.38. The standard InChI is InChI=1S/C23H31N3O2/c1-17-14-22(18(2)26(17)20-6-7-20)23(27)16-25-12-10-24(11-13-25)15-19-4-8-21(28-3)9-5-19/h4-5,8-9,14,20H,6-7,10-13,15-16H2,1-3H3. The number of carbonyl (C=O) groups excluding carboxylic acids is 1. The monoisotopic (exact) mass is 381 g/mol. The maximum Gasteiger partial charge on any atom is 0.178 e. The second kappa shape index (κ2) is 8.10. The average molecular weight is 382 g/mol. The van der Waals surface area contributed by atoms with Gasteiger partial charge in [0.1, 0.15) is 5.75 Å². The lowest BCUT2D eigenvalue weighted by atomic mass is 10.1. The number of carbonyl (C=O) groups is 1. The lowest BCUT2D eigenvalue weighted by Crippen LogP contribution is -2.47. The first-order chi connectivity index (χ1) is 13.5. The van der Waals surface area contributed by atoms with Gasteiger partial charge in [-0.05, 0) is 50.5 Å². The second-order valence-corrected chi connectivity index (χ2v) is 8.21. The smallest absolute Gasteiger partial charge is 0.178 e. The summed E-state index contributed by atoms with van der Waals surface area (Å²) in [6.45, 7) is 9.61. The maximum atomic E-state index is 12.9. The van der Waals surface area contributed by atoms with Crippen molar-refractivity contribution in [3.8, 4) is 5.75 Å². The fourth-order valence-corrected chi connectivity index (χ4v) is 4.34. The summed E-state index contributed by atoms with van der Waals surface area (Å²) in [6, 6.07) is 11.0. The summed E-state index contributed by atoms with van der Waals surface area (Å²) in [5.74, 6) is 1.16. The Kier molecular flexibility index (Phi) is 5.56. The van der Waals surface area contributed by atoms with E-state index in [1.54, 1.807) is 7.11 Å². The maximum absolute atomic E-state index is 12.9. The Hall–Kier alpha value is -2.11. The number of rotatable bonds is 7. The van der Waals surface area contributed by atoms with Crippen LogP contribution in [0.15, 0.2) is 30.3 Å². The summed E-state index contributed by atoms with van der Waals surface area (Å²) < 4.78 is 7.59. The Morgan fingerprint density at radius 1 is 1.04 bits per heavy atom. The van der Waals surface area contributed by atoms with E-state index >= 15 is 0 Å². The molecule has 0 amide bonds. The molecule has 28 heavy (non-hydrogen) atoms. The summed E-state index contributed by atoms with van der Waals surface area (Å²) in [5, 5.41) is 0. The predicted octanol–water partition coefficient (Wildman–Crippen LogP) is 3.45. The number of methoxy groups -OCH3 is 1. The van der Waals surface area contributed by atoms with E-state index in [9.17, 15) is 4.79 Å². The molecule has 0 unspecified atom stereocenters. The number of ether oxygens (including phenoxy) is 1. The van der Waals surface area contributed by atoms with E-state index in [1.807, 2.05) is 12.1 Å². The van der Waals surface area contributed by atoms with Crippen LogP contribution in [-0.2, 0) is 6.54 Å². The van der Waals surface area contributed by atoms with E-state index in [1.165, 1.54) is 24.1 Å². The number of hydrogen-bond donors (Lipinski definition) is 0. The van der Waals surface area contributed by atoms with Crippen molar-refractivity contribution in [2.75, 3.05) is 39.8 Å². The van der Waals surface area contributed by atoms with Gasteiger partial charge in [0.2, 0.25) is 0 Å². The number of piperazine rings is 1. The fraction of sp³-hybridized carbons (Fsp3) is 0.522. The Morgan fingerprint density at radius 2 is 1.68 bits per heavy atom. The number of ketones is 1. The molecule has 2 heterocycles. The van der Waals surface area contributed by atoms with Crippen LogP contribution >= 0.6 is 0 Å². The van der Waals surface area contributed by atoms with E-state index in [0.29, 0.717) is 12.6 Å². The van der Waals surface area contributed by atoms with Crippen molar-refractivity contribution in [2.45, 2.75) is 39.3 Å². The number of benzene rings is 1. The van der Waals surface area contributed by atoms with Gasteiger partial charge in [-0.1, -0.05) is 12.1 Å². The number of hydrogen-bond acceptors (Lipinski definition) is 4. The first-order valence-electron chi connectivity index (χ1n) is 10.3. The molecule has 1 aliphatic heterocycles. The van der Waals surface area contributed by atoms with Crippen LogP contribution in [0.4, 0.5) is 0 Å². The molecule has 2 aliphatic rings. The third-order valence-corrected chi connectivity index (χ3v) is 6.09. The Bertz CT molecular complexity index is 828. The highest BCUT2D eigenvalue weighted by atomic mass is 16.5. The molecule has 0 bridgehead atoms. The van der Waals surface area contributed by atoms with Crippen molar-refractivity contribution in [1.29, 1.82) is 0 Å². The number of aromatic nitrogens is 1. The normalized spacial score (nSPS) is 18.4. The van der Waals surface area contributed by atoms with Crippen LogP contribution in [0.5, 0.6) is 5.75 Å². The molecule has 4 rings (SSSR count). The zero-order chi connectivity index (χ0) is 19.7. The minimum atomic E-state index is 0.267. The van der Waals surface area contributed by atoms with Gasteiger partial charge in [-0.2, -0.15) is 0 Å². The van der Waals surface area contributed by atoms with Crippen molar-refractivity contribution >= 4 is 5.78 Å². The minimum absolute atomic E-state index is 0.267. The third-order valence-electron chi connectivity index (χ3n) is 6.09. The Balaban J connectivity index is 1.29. The molecule has 5 nitrogen and oxygen atoms in total. The van der Waals surface area contributed by atoms with Crippen LogP contribution in [-0.4, -0.2) is 60.0 Å². The average Bonchev–Trinajstić information content (AvgIpc) is 3.48. The van der Waals surface area contributed by atoms with E-state index in [4.69, 9.17) is 4.74 Å². The van der Waals surface area contributed by atoms with Gasteiger partial charge in [0.15, 0.2) is 5.78 Å². The molecule has 0 radical (unpaired) electrons. The van der Waals surface area contributed by atoms with Gasteiger partial charge in [0, 0.05) is 55.7 Å². The molecule has 1 aliphatic carbocycles. The van der Waals surface area contributed by atoms with Crippen LogP contribution in [0.2, 0.25) is 0 Å². The number of Topliss-reactive ketones (excluding diaryl/α,β-unsaturated/α-hetero) is 1. The lowest BCUT2D eigenvalue weighted by molar-refractivity contribution is 0.0843. The third kappa shape index (κ3) is 4.15. The minimum Gasteiger partial charge on any atom is -0.497 e. The van der Waals surface area contributed by atoms with Gasteiger partial charge in [-0.15, -0.1) is 0 Å². The van der Waals surface area contributed by atoms with Crippen LogP contribution in [0, 0.1) is 13.8 Å². The summed E-state index contributed by atoms with van der Waals surface area (Å²) in [6.07, 6.45) is 2.50. The van der Waals surface area contributed by atoms with Crippen molar-refractivity contribution in [3.05, 3.63) is 52.8 Å². The van der Waals surface area contributed by atoms with Gasteiger partial charge in [-0.25, -0.2) is 0 Å². The molecular formula is C23H31N3O2. The predicted molar refractivity (Wildman–Crippen MR) is 111 cm³/mol. The zero-order valence-electron chi connectivity index (χ0n) is 17.3. The molecule has 5 heteroatoms. The first-order valence-corrected chi connectivity index (χ1v) is 10.3. The number of aryl methyl sites for hydroxylation is 1. The molecule has 0 atom stereocenters. The topological polar surface area (TPSA) is 37.7 Å². The van der Waals surface area contributed by atoms with Crippen LogP contribution in [0.3, 0.4) is 0 Å². The molecule has 0 N–H and O–H groups in total. The molecule has 1 aromatic carbocycles. The fourth-order valence-electron chi connectivity index (χ4n) is 4.34. The van der Waals surface area contributed by atoms with E-state index in [0.717, 1.165) is 49.7 Å². The van der Waals surface area contributed by atoms with Crippen LogP contribution in [0.1, 0.15) is 46.2 Å². The Labute approximate surface area is 167 Å². The van der Waals surface area contributed by atoms with Gasteiger partial charge < -0.3 is 9.30 Å². The molecule has 150 valence electrons. The van der Waals surface area contributed by atoms with Crippen molar-refractivity contribution in [1.82, 2.24) is 14.4 Å². The molecule has 2 fully saturated rings. The summed E-state index contributed by atoms with van der Waals surface area (Å²) in [7, 11) is 1.69. The van der Waals surface area contributed by atoms with E-state index in [2.05, 4.69) is 46.4 Å². The SMILES string of the molecule is COc1ccc(CN2CCN(CC(=O)c3cc(C)n(C4CC4)c3C)CC2)cc1. The highest BCUT2D eigenvalue weighted by Gasteiger charge is 2.29. The highest BCUT2D eigenvalue weighted by molar-refractivity contribution is 5.99. The number of nitrogens with zero attached hydrogens (tertiary/aromatic N) is 3. The molecular weight excluding hydrogens is 350 g/mol. The molecule has 2 aromatic rings. The Morgan fingerprint density at radius 3 is 2.29 bits per heavy atom. The zero-order valence-corrected chi connectivity index (χ0v) is 17.3. The van der Waals surface area contributed by atoms with E-state index < -0.39 is 0 Å². The van der Waals surface area contributed by atoms with E-state index in [-0.39, 0.29) is 5.78 Å². The molecule has 1 saturated carbocycles. The molecule has 0 spiro atoms. The quantitative estimate of drug-likeness (QED) is 0.689. The van der Waals surface area contributed by atoms with Crippen LogP contribution in [0.25, 0.3) is 0 Å². The summed E-state index contributed by atoms with van der Waals surface area (Å²) in [4.78, 5) is 17.7. The first kappa shape index (κ1) is 19.2. The molecule has 1 aromatic heterocycles. The van der Waals surface area contributed by atoms with Gasteiger partial charge >= 0.3 is 0 Å². The molecule has 1 saturated heterocycles. The summed E-state index contributed by atoms with van der Waals surface area (Å²) in [5.41, 5.74) is 4.61.